The first-order valence-corrected chi connectivity index (χ1v) is 10.6. The minimum Gasteiger partial charge on any atom is -0.397 e. The van der Waals surface area contributed by atoms with E-state index in [9.17, 15) is 4.79 Å². The molecule has 3 N–H and O–H groups in total. The molecule has 2 aromatic heterocycles. The van der Waals surface area contributed by atoms with Gasteiger partial charge < -0.3 is 11.1 Å². The fourth-order valence-corrected chi connectivity index (χ4v) is 4.74. The minimum atomic E-state index is -0.0737. The fraction of sp³-hybridized carbons (Fsp3) is 0.333. The zero-order valence-electron chi connectivity index (χ0n) is 15.0. The van der Waals surface area contributed by atoms with Gasteiger partial charge in [0.1, 0.15) is 9.71 Å². The van der Waals surface area contributed by atoms with Gasteiger partial charge in [-0.2, -0.15) is 0 Å². The molecule has 1 saturated carbocycles. The number of hydrogen-bond acceptors (Lipinski definition) is 4. The number of halogens is 1. The Hall–Kier alpha value is -2.11. The minimum absolute atomic E-state index is 0.0737. The van der Waals surface area contributed by atoms with E-state index in [4.69, 9.17) is 22.3 Å². The quantitative estimate of drug-likeness (QED) is 0.559. The largest absolute Gasteiger partial charge is 0.397 e. The van der Waals surface area contributed by atoms with Crippen LogP contribution in [0.2, 0.25) is 5.02 Å². The van der Waals surface area contributed by atoms with E-state index < -0.39 is 0 Å². The van der Waals surface area contributed by atoms with Crippen LogP contribution in [0.1, 0.15) is 48.2 Å². The number of benzene rings is 1. The molecule has 0 radical (unpaired) electrons. The second-order valence-electron chi connectivity index (χ2n) is 7.06. The van der Waals surface area contributed by atoms with E-state index in [1.165, 1.54) is 37.0 Å². The first-order chi connectivity index (χ1) is 13.1. The fourth-order valence-electron chi connectivity index (χ4n) is 3.62. The molecule has 4 rings (SSSR count). The molecular weight excluding hydrogens is 378 g/mol. The van der Waals surface area contributed by atoms with E-state index in [2.05, 4.69) is 5.32 Å². The van der Waals surface area contributed by atoms with E-state index in [0.29, 0.717) is 15.6 Å². The van der Waals surface area contributed by atoms with E-state index >= 15 is 0 Å². The summed E-state index contributed by atoms with van der Waals surface area (Å²) in [5, 5.41) is 4.71. The first kappa shape index (κ1) is 18.3. The molecule has 6 heteroatoms. The Labute approximate surface area is 167 Å². The third-order valence-electron chi connectivity index (χ3n) is 5.13. The number of pyridine rings is 1. The number of nitrogens with two attached hydrogens (primary N) is 1. The Kier molecular flexibility index (Phi) is 5.32. The number of nitrogens with zero attached hydrogens (tertiary/aromatic N) is 1. The molecule has 27 heavy (non-hydrogen) atoms. The number of carbonyl (C=O) groups excluding carboxylic acids is 1. The lowest BCUT2D eigenvalue weighted by Crippen LogP contribution is -2.34. The molecule has 4 nitrogen and oxygen atoms in total. The van der Waals surface area contributed by atoms with Crippen LogP contribution in [-0.4, -0.2) is 16.9 Å². The van der Waals surface area contributed by atoms with Crippen LogP contribution in [-0.2, 0) is 0 Å². The van der Waals surface area contributed by atoms with Gasteiger partial charge in [0.05, 0.1) is 11.4 Å². The Bertz CT molecular complexity index is 959. The molecule has 1 aromatic carbocycles. The van der Waals surface area contributed by atoms with Gasteiger partial charge in [0, 0.05) is 22.0 Å². The first-order valence-electron chi connectivity index (χ1n) is 9.37. The number of nitrogen functional groups attached to an aromatic ring is 1. The molecule has 0 bridgehead atoms. The number of nitrogens with one attached hydrogen (secondary N) is 1. The Morgan fingerprint density at radius 1 is 1.07 bits per heavy atom. The molecule has 1 aliphatic rings. The van der Waals surface area contributed by atoms with Crippen LogP contribution >= 0.6 is 22.9 Å². The van der Waals surface area contributed by atoms with Gasteiger partial charge in [0.25, 0.3) is 5.91 Å². The average Bonchev–Trinajstić information content (AvgIpc) is 2.83. The highest BCUT2D eigenvalue weighted by molar-refractivity contribution is 7.21. The van der Waals surface area contributed by atoms with E-state index in [-0.39, 0.29) is 11.9 Å². The van der Waals surface area contributed by atoms with Crippen molar-refractivity contribution in [3.05, 3.63) is 46.3 Å². The SMILES string of the molecule is Nc1c(C(=O)NC2CCCCCC2)sc2nc(-c3ccc(Cl)cc3)ccc12. The highest BCUT2D eigenvalue weighted by Crippen LogP contribution is 2.34. The summed E-state index contributed by atoms with van der Waals surface area (Å²) in [4.78, 5) is 18.8. The zero-order valence-corrected chi connectivity index (χ0v) is 16.6. The molecular formula is C21H22ClN3OS. The van der Waals surface area contributed by atoms with Crippen LogP contribution in [0.15, 0.2) is 36.4 Å². The molecule has 1 aliphatic carbocycles. The summed E-state index contributed by atoms with van der Waals surface area (Å²) >= 11 is 7.33. The van der Waals surface area contributed by atoms with Gasteiger partial charge in [-0.15, -0.1) is 11.3 Å². The monoisotopic (exact) mass is 399 g/mol. The summed E-state index contributed by atoms with van der Waals surface area (Å²) in [5.74, 6) is -0.0737. The summed E-state index contributed by atoms with van der Waals surface area (Å²) in [6.07, 6.45) is 6.98. The number of hydrogen-bond donors (Lipinski definition) is 2. The lowest BCUT2D eigenvalue weighted by atomic mass is 10.1. The summed E-state index contributed by atoms with van der Waals surface area (Å²) < 4.78 is 0. The van der Waals surface area contributed by atoms with Gasteiger partial charge in [-0.3, -0.25) is 4.79 Å². The molecule has 1 fully saturated rings. The lowest BCUT2D eigenvalue weighted by molar-refractivity contribution is 0.0938. The predicted octanol–water partition coefficient (Wildman–Crippen LogP) is 5.65. The van der Waals surface area contributed by atoms with Crippen molar-refractivity contribution in [2.24, 2.45) is 0 Å². The van der Waals surface area contributed by atoms with Crippen LogP contribution in [0, 0.1) is 0 Å². The lowest BCUT2D eigenvalue weighted by Gasteiger charge is -2.15. The normalized spacial score (nSPS) is 15.6. The van der Waals surface area contributed by atoms with E-state index in [1.54, 1.807) is 0 Å². The van der Waals surface area contributed by atoms with Gasteiger partial charge in [0.2, 0.25) is 0 Å². The number of amides is 1. The molecule has 140 valence electrons. The maximum Gasteiger partial charge on any atom is 0.263 e. The van der Waals surface area contributed by atoms with Crippen molar-refractivity contribution in [2.45, 2.75) is 44.6 Å². The van der Waals surface area contributed by atoms with Gasteiger partial charge in [-0.1, -0.05) is 49.4 Å². The van der Waals surface area contributed by atoms with E-state index in [0.717, 1.165) is 34.3 Å². The van der Waals surface area contributed by atoms with Crippen LogP contribution in [0.25, 0.3) is 21.5 Å². The van der Waals surface area contributed by atoms with Crippen molar-refractivity contribution in [1.82, 2.24) is 10.3 Å². The van der Waals surface area contributed by atoms with Crippen molar-refractivity contribution in [1.29, 1.82) is 0 Å². The van der Waals surface area contributed by atoms with Crippen molar-refractivity contribution in [2.75, 3.05) is 5.73 Å². The van der Waals surface area contributed by atoms with Crippen molar-refractivity contribution >= 4 is 44.7 Å². The number of fused-ring (bicyclic) bond motifs is 1. The maximum absolute atomic E-state index is 12.8. The standard InChI is InChI=1S/C21H22ClN3OS/c22-14-9-7-13(8-10-14)17-12-11-16-18(23)19(27-21(16)25-17)20(26)24-15-5-3-1-2-4-6-15/h7-12,15H,1-6,23H2,(H,24,26). The molecule has 0 saturated heterocycles. The Balaban J connectivity index is 1.61. The van der Waals surface area contributed by atoms with E-state index in [1.807, 2.05) is 36.4 Å². The topological polar surface area (TPSA) is 68.0 Å². The number of rotatable bonds is 3. The molecule has 0 aliphatic heterocycles. The van der Waals surface area contributed by atoms with Crippen molar-refractivity contribution in [3.63, 3.8) is 0 Å². The van der Waals surface area contributed by atoms with Crippen LogP contribution in [0.4, 0.5) is 5.69 Å². The number of thiophene rings is 1. The second kappa shape index (κ2) is 7.87. The highest BCUT2D eigenvalue weighted by atomic mass is 35.5. The Morgan fingerprint density at radius 2 is 1.78 bits per heavy atom. The number of carbonyl (C=O) groups is 1. The summed E-state index contributed by atoms with van der Waals surface area (Å²) in [7, 11) is 0. The van der Waals surface area contributed by atoms with Gasteiger partial charge in [0.15, 0.2) is 0 Å². The average molecular weight is 400 g/mol. The van der Waals surface area contributed by atoms with Crippen LogP contribution in [0.3, 0.4) is 0 Å². The smallest absolute Gasteiger partial charge is 0.263 e. The van der Waals surface area contributed by atoms with Gasteiger partial charge >= 0.3 is 0 Å². The summed E-state index contributed by atoms with van der Waals surface area (Å²) in [6.45, 7) is 0. The second-order valence-corrected chi connectivity index (χ2v) is 8.50. The molecule has 1 amide bonds. The molecule has 0 atom stereocenters. The third-order valence-corrected chi connectivity index (χ3v) is 6.50. The third kappa shape index (κ3) is 3.94. The number of aromatic nitrogens is 1. The maximum atomic E-state index is 12.8. The van der Waals surface area contributed by atoms with Gasteiger partial charge in [-0.05, 0) is 37.1 Å². The number of anilines is 1. The predicted molar refractivity (Wildman–Crippen MR) is 113 cm³/mol. The zero-order chi connectivity index (χ0) is 18.8. The molecule has 2 heterocycles. The molecule has 3 aromatic rings. The molecule has 0 spiro atoms. The highest BCUT2D eigenvalue weighted by Gasteiger charge is 2.21. The van der Waals surface area contributed by atoms with Crippen LogP contribution in [0.5, 0.6) is 0 Å². The van der Waals surface area contributed by atoms with Crippen LogP contribution < -0.4 is 11.1 Å². The van der Waals surface area contributed by atoms with Crippen molar-refractivity contribution in [3.8, 4) is 11.3 Å². The van der Waals surface area contributed by atoms with Gasteiger partial charge in [-0.25, -0.2) is 4.98 Å². The molecule has 0 unspecified atom stereocenters. The Morgan fingerprint density at radius 3 is 2.48 bits per heavy atom. The summed E-state index contributed by atoms with van der Waals surface area (Å²) in [6, 6.07) is 11.7. The summed E-state index contributed by atoms with van der Waals surface area (Å²) in [5.41, 5.74) is 8.63. The van der Waals surface area contributed by atoms with Crippen molar-refractivity contribution < 1.29 is 4.79 Å².